The Morgan fingerprint density at radius 1 is 1.50 bits per heavy atom. The Kier molecular flexibility index (Phi) is 2.55. The van der Waals surface area contributed by atoms with Gasteiger partial charge in [-0.1, -0.05) is 0 Å². The molecule has 2 heterocycles. The number of rotatable bonds is 2. The summed E-state index contributed by atoms with van der Waals surface area (Å²) in [4.78, 5) is 31.8. The van der Waals surface area contributed by atoms with Gasteiger partial charge in [-0.3, -0.25) is 19.5 Å². The number of aryl methyl sites for hydroxylation is 1. The molecule has 2 rings (SSSR count). The average molecular weight is 221 g/mol. The largest absolute Gasteiger partial charge is 0.481 e. The molecule has 1 saturated heterocycles. The SMILES string of the molecule is Cc1cnc(N2CC(C(=O)O)CC2=O)cn1. The second kappa shape index (κ2) is 3.88. The normalized spacial score (nSPS) is 20.2. The van der Waals surface area contributed by atoms with Crippen molar-refractivity contribution < 1.29 is 14.7 Å². The molecular formula is C10H11N3O3. The highest BCUT2D eigenvalue weighted by molar-refractivity contribution is 5.98. The van der Waals surface area contributed by atoms with Crippen molar-refractivity contribution in [1.29, 1.82) is 0 Å². The molecule has 1 N–H and O–H groups in total. The molecule has 0 aliphatic carbocycles. The summed E-state index contributed by atoms with van der Waals surface area (Å²) in [5.41, 5.74) is 0.755. The first-order valence-corrected chi connectivity index (χ1v) is 4.89. The Hall–Kier alpha value is -1.98. The molecular weight excluding hydrogens is 210 g/mol. The molecule has 1 atom stereocenters. The molecule has 0 spiro atoms. The van der Waals surface area contributed by atoms with Crippen molar-refractivity contribution in [2.45, 2.75) is 13.3 Å². The highest BCUT2D eigenvalue weighted by Crippen LogP contribution is 2.22. The number of aliphatic carboxylic acids is 1. The summed E-state index contributed by atoms with van der Waals surface area (Å²) in [6.45, 7) is 1.97. The molecule has 1 amide bonds. The number of anilines is 1. The number of nitrogens with zero attached hydrogens (tertiary/aromatic N) is 3. The van der Waals surface area contributed by atoms with Crippen molar-refractivity contribution in [3.8, 4) is 0 Å². The van der Waals surface area contributed by atoms with Gasteiger partial charge in [-0.05, 0) is 6.92 Å². The van der Waals surface area contributed by atoms with Gasteiger partial charge in [0.15, 0.2) is 5.82 Å². The highest BCUT2D eigenvalue weighted by atomic mass is 16.4. The van der Waals surface area contributed by atoms with Crippen LogP contribution in [0.1, 0.15) is 12.1 Å². The molecule has 1 aromatic heterocycles. The minimum Gasteiger partial charge on any atom is -0.481 e. The van der Waals surface area contributed by atoms with E-state index >= 15 is 0 Å². The Labute approximate surface area is 91.9 Å². The number of amides is 1. The van der Waals surface area contributed by atoms with Crippen molar-refractivity contribution in [3.63, 3.8) is 0 Å². The number of hydrogen-bond acceptors (Lipinski definition) is 4. The van der Waals surface area contributed by atoms with Crippen molar-refractivity contribution in [3.05, 3.63) is 18.1 Å². The number of carboxylic acid groups (broad SMARTS) is 1. The Morgan fingerprint density at radius 3 is 2.75 bits per heavy atom. The molecule has 0 saturated carbocycles. The van der Waals surface area contributed by atoms with Crippen LogP contribution in [0.15, 0.2) is 12.4 Å². The van der Waals surface area contributed by atoms with Crippen molar-refractivity contribution in [1.82, 2.24) is 9.97 Å². The lowest BCUT2D eigenvalue weighted by molar-refractivity contribution is -0.141. The van der Waals surface area contributed by atoms with Crippen molar-refractivity contribution >= 4 is 17.7 Å². The quantitative estimate of drug-likeness (QED) is 0.772. The standard InChI is InChI=1S/C10H11N3O3/c1-6-3-12-8(4-11-6)13-5-7(10(15)16)2-9(13)14/h3-4,7H,2,5H2,1H3,(H,15,16). The van der Waals surface area contributed by atoms with E-state index in [0.29, 0.717) is 5.82 Å². The van der Waals surface area contributed by atoms with Crippen LogP contribution >= 0.6 is 0 Å². The molecule has 0 aromatic carbocycles. The van der Waals surface area contributed by atoms with Gasteiger partial charge in [0.25, 0.3) is 0 Å². The van der Waals surface area contributed by atoms with Crippen LogP contribution in [0.25, 0.3) is 0 Å². The van der Waals surface area contributed by atoms with E-state index in [-0.39, 0.29) is 18.9 Å². The second-order valence-electron chi connectivity index (χ2n) is 3.76. The van der Waals surface area contributed by atoms with Crippen molar-refractivity contribution in [2.75, 3.05) is 11.4 Å². The number of hydrogen-bond donors (Lipinski definition) is 1. The molecule has 1 unspecified atom stereocenters. The molecule has 84 valence electrons. The number of aromatic nitrogens is 2. The smallest absolute Gasteiger partial charge is 0.308 e. The first kappa shape index (κ1) is 10.5. The molecule has 16 heavy (non-hydrogen) atoms. The van der Waals surface area contributed by atoms with E-state index in [4.69, 9.17) is 5.11 Å². The fraction of sp³-hybridized carbons (Fsp3) is 0.400. The van der Waals surface area contributed by atoms with Gasteiger partial charge in [-0.25, -0.2) is 4.98 Å². The summed E-state index contributed by atoms with van der Waals surface area (Å²) in [5, 5.41) is 8.82. The fourth-order valence-corrected chi connectivity index (χ4v) is 1.62. The minimum absolute atomic E-state index is 0.0326. The van der Waals surface area contributed by atoms with Crippen LogP contribution in [0, 0.1) is 12.8 Å². The monoisotopic (exact) mass is 221 g/mol. The van der Waals surface area contributed by atoms with Gasteiger partial charge in [-0.15, -0.1) is 0 Å². The third-order valence-electron chi connectivity index (χ3n) is 2.52. The Bertz CT molecular complexity index is 429. The minimum atomic E-state index is -0.948. The van der Waals surface area contributed by atoms with Crippen molar-refractivity contribution in [2.24, 2.45) is 5.92 Å². The number of carboxylic acids is 1. The van der Waals surface area contributed by atoms with Crippen LogP contribution in [-0.4, -0.2) is 33.5 Å². The Morgan fingerprint density at radius 2 is 2.25 bits per heavy atom. The summed E-state index contributed by atoms with van der Waals surface area (Å²) in [5.74, 6) is -1.39. The maximum Gasteiger partial charge on any atom is 0.308 e. The number of carbonyl (C=O) groups excluding carboxylic acids is 1. The highest BCUT2D eigenvalue weighted by Gasteiger charge is 2.35. The van der Waals surface area contributed by atoms with Crippen LogP contribution in [0.3, 0.4) is 0 Å². The van der Waals surface area contributed by atoms with Gasteiger partial charge < -0.3 is 5.11 Å². The van der Waals surface area contributed by atoms with Gasteiger partial charge in [0.1, 0.15) is 0 Å². The van der Waals surface area contributed by atoms with Gasteiger partial charge in [0.05, 0.1) is 24.0 Å². The predicted octanol–water partition coefficient (Wildman–Crippen LogP) is 0.223. The van der Waals surface area contributed by atoms with E-state index < -0.39 is 11.9 Å². The van der Waals surface area contributed by atoms with E-state index in [1.165, 1.54) is 11.1 Å². The van der Waals surface area contributed by atoms with Gasteiger partial charge >= 0.3 is 5.97 Å². The maximum atomic E-state index is 11.6. The van der Waals surface area contributed by atoms with Crippen LogP contribution in [0.2, 0.25) is 0 Å². The van der Waals surface area contributed by atoms with Gasteiger partial charge in [0, 0.05) is 13.0 Å². The fourth-order valence-electron chi connectivity index (χ4n) is 1.62. The number of carbonyl (C=O) groups is 2. The molecule has 0 radical (unpaired) electrons. The predicted molar refractivity (Wildman–Crippen MR) is 54.9 cm³/mol. The molecule has 1 aromatic rings. The zero-order valence-electron chi connectivity index (χ0n) is 8.75. The first-order valence-electron chi connectivity index (χ1n) is 4.89. The summed E-state index contributed by atoms with van der Waals surface area (Å²) in [7, 11) is 0. The van der Waals surface area contributed by atoms with E-state index in [1.54, 1.807) is 13.1 Å². The van der Waals surface area contributed by atoms with Crippen LogP contribution < -0.4 is 4.90 Å². The lowest BCUT2D eigenvalue weighted by Gasteiger charge is -2.13. The molecule has 6 nitrogen and oxygen atoms in total. The van der Waals surface area contributed by atoms with Crippen LogP contribution in [0.4, 0.5) is 5.82 Å². The third kappa shape index (κ3) is 1.86. The summed E-state index contributed by atoms with van der Waals surface area (Å²) < 4.78 is 0. The van der Waals surface area contributed by atoms with Crippen LogP contribution in [-0.2, 0) is 9.59 Å². The molecule has 1 aliphatic heterocycles. The zero-order chi connectivity index (χ0) is 11.7. The summed E-state index contributed by atoms with van der Waals surface area (Å²) >= 11 is 0. The average Bonchev–Trinajstić information content (AvgIpc) is 2.62. The molecule has 0 bridgehead atoms. The van der Waals surface area contributed by atoms with E-state index in [9.17, 15) is 9.59 Å². The van der Waals surface area contributed by atoms with E-state index in [1.807, 2.05) is 0 Å². The van der Waals surface area contributed by atoms with E-state index in [0.717, 1.165) is 5.69 Å². The summed E-state index contributed by atoms with van der Waals surface area (Å²) in [6, 6.07) is 0. The van der Waals surface area contributed by atoms with Crippen LogP contribution in [0.5, 0.6) is 0 Å². The molecule has 1 aliphatic rings. The van der Waals surface area contributed by atoms with Gasteiger partial charge in [-0.2, -0.15) is 0 Å². The molecule has 6 heteroatoms. The topological polar surface area (TPSA) is 83.4 Å². The summed E-state index contributed by atoms with van der Waals surface area (Å²) in [6.07, 6.45) is 3.07. The lowest BCUT2D eigenvalue weighted by Crippen LogP contribution is -2.26. The first-order chi connectivity index (χ1) is 7.58. The maximum absolute atomic E-state index is 11.6. The Balaban J connectivity index is 2.20. The second-order valence-corrected chi connectivity index (χ2v) is 3.76. The van der Waals surface area contributed by atoms with Gasteiger partial charge in [0.2, 0.25) is 5.91 Å². The molecule has 1 fully saturated rings. The zero-order valence-corrected chi connectivity index (χ0v) is 8.75. The van der Waals surface area contributed by atoms with E-state index in [2.05, 4.69) is 9.97 Å². The lowest BCUT2D eigenvalue weighted by atomic mass is 10.1. The third-order valence-corrected chi connectivity index (χ3v) is 2.52.